The predicted molar refractivity (Wildman–Crippen MR) is 108 cm³/mol. The molecule has 6 nitrogen and oxygen atoms in total. The number of carbonyl (C=O) groups is 1. The lowest BCUT2D eigenvalue weighted by molar-refractivity contribution is -0.128. The number of halogens is 1. The molecule has 0 bridgehead atoms. The number of rotatable bonds is 6. The van der Waals surface area contributed by atoms with Crippen LogP contribution in [-0.2, 0) is 17.9 Å². The van der Waals surface area contributed by atoms with E-state index in [0.717, 1.165) is 11.1 Å². The number of carbonyl (C=O) groups excluding carboxylic acids is 1. The number of amides is 1. The Morgan fingerprint density at radius 3 is 2.59 bits per heavy atom. The fraction of sp³-hybridized carbons (Fsp3) is 0.227. The Bertz CT molecular complexity index is 1050. The molecule has 4 rings (SSSR count). The van der Waals surface area contributed by atoms with Crippen molar-refractivity contribution in [2.75, 3.05) is 11.9 Å². The second kappa shape index (κ2) is 8.26. The van der Waals surface area contributed by atoms with E-state index in [2.05, 4.69) is 15.3 Å². The third-order valence-corrected chi connectivity index (χ3v) is 4.98. The second-order valence-electron chi connectivity index (χ2n) is 7.16. The van der Waals surface area contributed by atoms with Crippen LogP contribution in [-0.4, -0.2) is 27.3 Å². The molecule has 0 saturated carbocycles. The van der Waals surface area contributed by atoms with Gasteiger partial charge in [-0.25, -0.2) is 9.37 Å². The topological polar surface area (TPSA) is 78.1 Å². The van der Waals surface area contributed by atoms with E-state index in [1.54, 1.807) is 17.0 Å². The monoisotopic (exact) mass is 392 g/mol. The van der Waals surface area contributed by atoms with Gasteiger partial charge in [-0.15, -0.1) is 0 Å². The maximum atomic E-state index is 13.0. The Hall–Kier alpha value is -3.48. The van der Waals surface area contributed by atoms with Crippen LogP contribution in [0.25, 0.3) is 0 Å². The molecule has 148 valence electrons. The van der Waals surface area contributed by atoms with Crippen molar-refractivity contribution < 1.29 is 9.18 Å². The van der Waals surface area contributed by atoms with Gasteiger partial charge in [0.1, 0.15) is 5.82 Å². The molecule has 2 heterocycles. The van der Waals surface area contributed by atoms with Crippen molar-refractivity contribution in [1.82, 2.24) is 14.9 Å². The predicted octanol–water partition coefficient (Wildman–Crippen LogP) is 3.04. The minimum absolute atomic E-state index is 0.0572. The molecule has 1 atom stereocenters. The number of anilines is 1. The lowest BCUT2D eigenvalue weighted by Crippen LogP contribution is -2.24. The molecule has 0 unspecified atom stereocenters. The number of hydrogen-bond acceptors (Lipinski definition) is 4. The molecule has 0 spiro atoms. The van der Waals surface area contributed by atoms with Crippen LogP contribution in [0, 0.1) is 5.82 Å². The van der Waals surface area contributed by atoms with Gasteiger partial charge in [0.2, 0.25) is 11.9 Å². The number of aromatic amines is 1. The van der Waals surface area contributed by atoms with E-state index in [1.807, 2.05) is 30.3 Å². The first-order valence-corrected chi connectivity index (χ1v) is 9.48. The van der Waals surface area contributed by atoms with Gasteiger partial charge in [-0.2, -0.15) is 0 Å². The highest BCUT2D eigenvalue weighted by Gasteiger charge is 2.31. The Balaban J connectivity index is 1.45. The average molecular weight is 392 g/mol. The molecule has 2 aromatic carbocycles. The molecule has 1 aliphatic heterocycles. The summed E-state index contributed by atoms with van der Waals surface area (Å²) >= 11 is 0. The number of H-pyrrole nitrogens is 1. The molecular weight excluding hydrogens is 371 g/mol. The van der Waals surface area contributed by atoms with E-state index < -0.39 is 0 Å². The van der Waals surface area contributed by atoms with Crippen molar-refractivity contribution in [1.29, 1.82) is 0 Å². The van der Waals surface area contributed by atoms with Crippen LogP contribution in [0.1, 0.15) is 29.2 Å². The van der Waals surface area contributed by atoms with Crippen LogP contribution >= 0.6 is 0 Å². The molecule has 1 aromatic heterocycles. The van der Waals surface area contributed by atoms with Gasteiger partial charge in [0.05, 0.1) is 5.69 Å². The van der Waals surface area contributed by atoms with Crippen LogP contribution in [0.4, 0.5) is 10.3 Å². The van der Waals surface area contributed by atoms with Crippen molar-refractivity contribution >= 4 is 11.9 Å². The van der Waals surface area contributed by atoms with Gasteiger partial charge in [0, 0.05) is 38.0 Å². The van der Waals surface area contributed by atoms with E-state index in [4.69, 9.17) is 0 Å². The van der Waals surface area contributed by atoms with Crippen molar-refractivity contribution in [3.8, 4) is 0 Å². The SMILES string of the molecule is O=C1C[C@H](c2cc(=O)[nH]c(NCc3ccc(F)cc3)n2)CN1Cc1ccccc1. The Kier molecular flexibility index (Phi) is 5.37. The number of benzene rings is 2. The summed E-state index contributed by atoms with van der Waals surface area (Å²) < 4.78 is 13.0. The first kappa shape index (κ1) is 18.9. The molecule has 1 amide bonds. The zero-order valence-electron chi connectivity index (χ0n) is 15.8. The van der Waals surface area contributed by atoms with Crippen LogP contribution in [0.5, 0.6) is 0 Å². The van der Waals surface area contributed by atoms with Gasteiger partial charge in [-0.1, -0.05) is 42.5 Å². The van der Waals surface area contributed by atoms with Crippen molar-refractivity contribution in [2.24, 2.45) is 0 Å². The summed E-state index contributed by atoms with van der Waals surface area (Å²) in [5.74, 6) is -0.0272. The van der Waals surface area contributed by atoms with Crippen LogP contribution in [0.2, 0.25) is 0 Å². The fourth-order valence-corrected chi connectivity index (χ4v) is 3.48. The summed E-state index contributed by atoms with van der Waals surface area (Å²) in [6.45, 7) is 1.48. The highest BCUT2D eigenvalue weighted by atomic mass is 19.1. The number of nitrogens with zero attached hydrogens (tertiary/aromatic N) is 2. The van der Waals surface area contributed by atoms with Gasteiger partial charge in [0.15, 0.2) is 0 Å². The molecule has 0 aliphatic carbocycles. The quantitative estimate of drug-likeness (QED) is 0.676. The standard InChI is InChI=1S/C22H21FN4O2/c23-18-8-6-15(7-9-18)12-24-22-25-19(11-20(28)26-22)17-10-21(29)27(14-17)13-16-4-2-1-3-5-16/h1-9,11,17H,10,12-14H2,(H2,24,25,26,28)/t17-/m0/s1. The smallest absolute Gasteiger partial charge is 0.252 e. The first-order valence-electron chi connectivity index (χ1n) is 9.48. The first-order chi connectivity index (χ1) is 14.1. The molecular formula is C22H21FN4O2. The zero-order valence-corrected chi connectivity index (χ0v) is 15.8. The maximum Gasteiger partial charge on any atom is 0.252 e. The van der Waals surface area contributed by atoms with E-state index >= 15 is 0 Å². The van der Waals surface area contributed by atoms with Crippen LogP contribution < -0.4 is 10.9 Å². The molecule has 1 aliphatic rings. The molecule has 0 radical (unpaired) electrons. The van der Waals surface area contributed by atoms with Crippen LogP contribution in [0.15, 0.2) is 65.5 Å². The number of nitrogens with one attached hydrogen (secondary N) is 2. The molecule has 2 N–H and O–H groups in total. The fourth-order valence-electron chi connectivity index (χ4n) is 3.48. The van der Waals surface area contributed by atoms with E-state index in [0.29, 0.717) is 37.7 Å². The number of hydrogen-bond donors (Lipinski definition) is 2. The lowest BCUT2D eigenvalue weighted by atomic mass is 10.0. The minimum Gasteiger partial charge on any atom is -0.352 e. The second-order valence-corrected chi connectivity index (χ2v) is 7.16. The molecule has 29 heavy (non-hydrogen) atoms. The zero-order chi connectivity index (χ0) is 20.2. The van der Waals surface area contributed by atoms with Crippen molar-refractivity contribution in [3.05, 3.63) is 93.7 Å². The van der Waals surface area contributed by atoms with Gasteiger partial charge in [-0.3, -0.25) is 14.6 Å². The molecule has 1 saturated heterocycles. The van der Waals surface area contributed by atoms with Gasteiger partial charge < -0.3 is 10.2 Å². The van der Waals surface area contributed by atoms with Crippen molar-refractivity contribution in [3.63, 3.8) is 0 Å². The maximum absolute atomic E-state index is 13.0. The summed E-state index contributed by atoms with van der Waals surface area (Å²) in [6, 6.07) is 17.4. The van der Waals surface area contributed by atoms with Crippen LogP contribution in [0.3, 0.4) is 0 Å². The number of likely N-dealkylation sites (tertiary alicyclic amines) is 1. The summed E-state index contributed by atoms with van der Waals surface area (Å²) in [6.07, 6.45) is 0.334. The summed E-state index contributed by atoms with van der Waals surface area (Å²) in [7, 11) is 0. The number of aromatic nitrogens is 2. The van der Waals surface area contributed by atoms with Gasteiger partial charge in [-0.05, 0) is 23.3 Å². The van der Waals surface area contributed by atoms with E-state index in [9.17, 15) is 14.0 Å². The molecule has 3 aromatic rings. The molecule has 1 fully saturated rings. The summed E-state index contributed by atoms with van der Waals surface area (Å²) in [5.41, 5.74) is 2.26. The van der Waals surface area contributed by atoms with Gasteiger partial charge >= 0.3 is 0 Å². The van der Waals surface area contributed by atoms with E-state index in [-0.39, 0.29) is 23.2 Å². The highest BCUT2D eigenvalue weighted by molar-refractivity contribution is 5.79. The van der Waals surface area contributed by atoms with E-state index in [1.165, 1.54) is 18.2 Å². The van der Waals surface area contributed by atoms with Crippen molar-refractivity contribution in [2.45, 2.75) is 25.4 Å². The highest BCUT2D eigenvalue weighted by Crippen LogP contribution is 2.27. The summed E-state index contributed by atoms with van der Waals surface area (Å²) in [5, 5.41) is 3.06. The lowest BCUT2D eigenvalue weighted by Gasteiger charge is -2.17. The average Bonchev–Trinajstić information content (AvgIpc) is 3.08. The third-order valence-electron chi connectivity index (χ3n) is 4.98. The largest absolute Gasteiger partial charge is 0.352 e. The third kappa shape index (κ3) is 4.68. The van der Waals surface area contributed by atoms with Gasteiger partial charge in [0.25, 0.3) is 5.56 Å². The Morgan fingerprint density at radius 1 is 1.07 bits per heavy atom. The Morgan fingerprint density at radius 2 is 1.83 bits per heavy atom. The normalized spacial score (nSPS) is 16.2. The Labute approximate surface area is 167 Å². The molecule has 7 heteroatoms. The summed E-state index contributed by atoms with van der Waals surface area (Å²) in [4.78, 5) is 33.5. The minimum atomic E-state index is -0.298.